The maximum Gasteiger partial charge on any atom is 0.220 e. The largest absolute Gasteiger partial charge is 0.497 e. The van der Waals surface area contributed by atoms with Gasteiger partial charge in [0.15, 0.2) is 0 Å². The minimum atomic E-state index is -0.000718. The molecule has 2 rings (SSSR count). The molecule has 5 heteroatoms. The molecule has 0 bridgehead atoms. The van der Waals surface area contributed by atoms with Crippen molar-refractivity contribution in [2.24, 2.45) is 0 Å². The lowest BCUT2D eigenvalue weighted by atomic mass is 9.96. The molecule has 2 aromatic rings. The SMILES string of the molecule is COc1ccc(C(C)CC(=O)NCc2cccnc2)c(OC)c1. The van der Waals surface area contributed by atoms with Gasteiger partial charge in [-0.3, -0.25) is 9.78 Å². The lowest BCUT2D eigenvalue weighted by Gasteiger charge is -2.16. The van der Waals surface area contributed by atoms with E-state index in [9.17, 15) is 4.79 Å². The molecule has 1 atom stereocenters. The highest BCUT2D eigenvalue weighted by atomic mass is 16.5. The molecule has 1 aromatic carbocycles. The maximum atomic E-state index is 12.1. The number of hydrogen-bond acceptors (Lipinski definition) is 4. The van der Waals surface area contributed by atoms with E-state index in [1.165, 1.54) is 0 Å². The first-order valence-electron chi connectivity index (χ1n) is 7.51. The zero-order valence-corrected chi connectivity index (χ0v) is 13.7. The van der Waals surface area contributed by atoms with Crippen LogP contribution >= 0.6 is 0 Å². The molecule has 5 nitrogen and oxygen atoms in total. The summed E-state index contributed by atoms with van der Waals surface area (Å²) in [7, 11) is 3.23. The van der Waals surface area contributed by atoms with Gasteiger partial charge in [-0.25, -0.2) is 0 Å². The first-order chi connectivity index (χ1) is 11.1. The molecule has 1 aromatic heterocycles. The number of nitrogens with one attached hydrogen (secondary N) is 1. The number of ether oxygens (including phenoxy) is 2. The molecule has 0 aliphatic carbocycles. The van der Waals surface area contributed by atoms with Gasteiger partial charge in [0.1, 0.15) is 11.5 Å². The third-order valence-electron chi connectivity index (χ3n) is 3.68. The van der Waals surface area contributed by atoms with E-state index in [0.717, 1.165) is 22.6 Å². The van der Waals surface area contributed by atoms with Crippen molar-refractivity contribution >= 4 is 5.91 Å². The van der Waals surface area contributed by atoms with E-state index in [-0.39, 0.29) is 11.8 Å². The van der Waals surface area contributed by atoms with Crippen LogP contribution in [-0.2, 0) is 11.3 Å². The van der Waals surface area contributed by atoms with Gasteiger partial charge < -0.3 is 14.8 Å². The molecule has 0 radical (unpaired) electrons. The summed E-state index contributed by atoms with van der Waals surface area (Å²) in [6, 6.07) is 9.44. The Balaban J connectivity index is 1.95. The molecule has 0 aliphatic heterocycles. The van der Waals surface area contributed by atoms with Crippen LogP contribution in [0.25, 0.3) is 0 Å². The van der Waals surface area contributed by atoms with Crippen LogP contribution in [0.3, 0.4) is 0 Å². The van der Waals surface area contributed by atoms with Crippen LogP contribution in [0.4, 0.5) is 0 Å². The zero-order chi connectivity index (χ0) is 16.7. The van der Waals surface area contributed by atoms with Crippen LogP contribution in [0.2, 0.25) is 0 Å². The quantitative estimate of drug-likeness (QED) is 0.853. The van der Waals surface area contributed by atoms with E-state index in [2.05, 4.69) is 10.3 Å². The van der Waals surface area contributed by atoms with Crippen molar-refractivity contribution in [2.75, 3.05) is 14.2 Å². The summed E-state index contributed by atoms with van der Waals surface area (Å²) in [5, 5.41) is 2.92. The van der Waals surface area contributed by atoms with Crippen molar-refractivity contribution in [3.05, 3.63) is 53.9 Å². The molecular formula is C18H22N2O3. The molecule has 1 N–H and O–H groups in total. The van der Waals surface area contributed by atoms with Gasteiger partial charge in [0.25, 0.3) is 0 Å². The van der Waals surface area contributed by atoms with Gasteiger partial charge >= 0.3 is 0 Å². The summed E-state index contributed by atoms with van der Waals surface area (Å²) in [5.41, 5.74) is 1.97. The number of pyridine rings is 1. The highest BCUT2D eigenvalue weighted by Gasteiger charge is 2.16. The van der Waals surface area contributed by atoms with E-state index in [1.54, 1.807) is 26.6 Å². The summed E-state index contributed by atoms with van der Waals surface area (Å²) in [6.07, 6.45) is 3.85. The Bertz CT molecular complexity index is 644. The Hall–Kier alpha value is -2.56. The van der Waals surface area contributed by atoms with Gasteiger partial charge in [-0.2, -0.15) is 0 Å². The number of benzene rings is 1. The average molecular weight is 314 g/mol. The van der Waals surface area contributed by atoms with Gasteiger partial charge in [-0.05, 0) is 29.2 Å². The van der Waals surface area contributed by atoms with Crippen LogP contribution < -0.4 is 14.8 Å². The topological polar surface area (TPSA) is 60.5 Å². The second-order valence-electron chi connectivity index (χ2n) is 5.35. The lowest BCUT2D eigenvalue weighted by molar-refractivity contribution is -0.121. The predicted octanol–water partition coefficient (Wildman–Crippen LogP) is 2.91. The Morgan fingerprint density at radius 1 is 1.26 bits per heavy atom. The van der Waals surface area contributed by atoms with Gasteiger partial charge in [0, 0.05) is 31.4 Å². The number of methoxy groups -OCH3 is 2. The van der Waals surface area contributed by atoms with Gasteiger partial charge in [-0.1, -0.05) is 19.1 Å². The number of aromatic nitrogens is 1. The molecule has 0 spiro atoms. The molecule has 1 heterocycles. The molecule has 23 heavy (non-hydrogen) atoms. The third-order valence-corrected chi connectivity index (χ3v) is 3.68. The van der Waals surface area contributed by atoms with Gasteiger partial charge in [0.05, 0.1) is 14.2 Å². The molecular weight excluding hydrogens is 292 g/mol. The molecule has 0 saturated heterocycles. The average Bonchev–Trinajstić information content (AvgIpc) is 2.60. The van der Waals surface area contributed by atoms with Crippen LogP contribution in [-0.4, -0.2) is 25.1 Å². The second kappa shape index (κ2) is 8.17. The fourth-order valence-electron chi connectivity index (χ4n) is 2.39. The summed E-state index contributed by atoms with van der Waals surface area (Å²) < 4.78 is 10.6. The Labute approximate surface area is 136 Å². The fourth-order valence-corrected chi connectivity index (χ4v) is 2.39. The highest BCUT2D eigenvalue weighted by Crippen LogP contribution is 2.32. The number of amides is 1. The van der Waals surface area contributed by atoms with Crippen LogP contribution in [0.1, 0.15) is 30.4 Å². The molecule has 0 aliphatic rings. The van der Waals surface area contributed by atoms with Gasteiger partial charge in [-0.15, -0.1) is 0 Å². The summed E-state index contributed by atoms with van der Waals surface area (Å²) in [5.74, 6) is 1.51. The number of hydrogen-bond donors (Lipinski definition) is 1. The lowest BCUT2D eigenvalue weighted by Crippen LogP contribution is -2.24. The summed E-state index contributed by atoms with van der Waals surface area (Å²) >= 11 is 0. The summed E-state index contributed by atoms with van der Waals surface area (Å²) in [6.45, 7) is 2.49. The monoisotopic (exact) mass is 314 g/mol. The zero-order valence-electron chi connectivity index (χ0n) is 13.7. The van der Waals surface area contributed by atoms with Crippen LogP contribution in [0, 0.1) is 0 Å². The van der Waals surface area contributed by atoms with E-state index in [1.807, 2.05) is 37.3 Å². The van der Waals surface area contributed by atoms with E-state index < -0.39 is 0 Å². The first kappa shape index (κ1) is 16.8. The second-order valence-corrected chi connectivity index (χ2v) is 5.35. The smallest absolute Gasteiger partial charge is 0.220 e. The van der Waals surface area contributed by atoms with Crippen molar-refractivity contribution in [3.8, 4) is 11.5 Å². The standard InChI is InChI=1S/C18H22N2O3/c1-13(16-7-6-15(22-2)10-17(16)23-3)9-18(21)20-12-14-5-4-8-19-11-14/h4-8,10-11,13H,9,12H2,1-3H3,(H,20,21). The van der Waals surface area contributed by atoms with Crippen LogP contribution in [0.5, 0.6) is 11.5 Å². The Morgan fingerprint density at radius 3 is 2.74 bits per heavy atom. The van der Waals surface area contributed by atoms with Crippen molar-refractivity contribution in [1.82, 2.24) is 10.3 Å². The normalized spacial score (nSPS) is 11.6. The van der Waals surface area contributed by atoms with E-state index in [0.29, 0.717) is 13.0 Å². The molecule has 1 amide bonds. The number of nitrogens with zero attached hydrogens (tertiary/aromatic N) is 1. The van der Waals surface area contributed by atoms with Crippen LogP contribution in [0.15, 0.2) is 42.7 Å². The Morgan fingerprint density at radius 2 is 2.09 bits per heavy atom. The highest BCUT2D eigenvalue weighted by molar-refractivity contribution is 5.77. The fraction of sp³-hybridized carbons (Fsp3) is 0.333. The first-order valence-corrected chi connectivity index (χ1v) is 7.51. The third kappa shape index (κ3) is 4.71. The van der Waals surface area contributed by atoms with Crippen molar-refractivity contribution in [2.45, 2.75) is 25.8 Å². The Kier molecular flexibility index (Phi) is 5.97. The van der Waals surface area contributed by atoms with Crippen molar-refractivity contribution in [1.29, 1.82) is 0 Å². The van der Waals surface area contributed by atoms with E-state index >= 15 is 0 Å². The predicted molar refractivity (Wildman–Crippen MR) is 88.7 cm³/mol. The molecule has 0 fully saturated rings. The minimum Gasteiger partial charge on any atom is -0.497 e. The minimum absolute atomic E-state index is 0.000718. The summed E-state index contributed by atoms with van der Waals surface area (Å²) in [4.78, 5) is 16.2. The number of carbonyl (C=O) groups excluding carboxylic acids is 1. The van der Waals surface area contributed by atoms with Gasteiger partial charge in [0.2, 0.25) is 5.91 Å². The van der Waals surface area contributed by atoms with E-state index in [4.69, 9.17) is 9.47 Å². The van der Waals surface area contributed by atoms with Crippen molar-refractivity contribution in [3.63, 3.8) is 0 Å². The van der Waals surface area contributed by atoms with Crippen molar-refractivity contribution < 1.29 is 14.3 Å². The number of rotatable bonds is 7. The molecule has 1 unspecified atom stereocenters. The number of carbonyl (C=O) groups is 1. The molecule has 0 saturated carbocycles. The molecule has 122 valence electrons. The maximum absolute atomic E-state index is 12.1.